The fourth-order valence-electron chi connectivity index (χ4n) is 4.13. The molecule has 36 heavy (non-hydrogen) atoms. The number of aryl methyl sites for hydroxylation is 1. The number of benzene rings is 1. The second-order valence-corrected chi connectivity index (χ2v) is 10.1. The minimum absolute atomic E-state index is 0.0575. The van der Waals surface area contributed by atoms with Gasteiger partial charge in [-0.3, -0.25) is 14.4 Å². The number of halogens is 1. The Hall–Kier alpha value is -2.95. The normalized spacial score (nSPS) is 14.2. The average Bonchev–Trinajstić information content (AvgIpc) is 2.88. The summed E-state index contributed by atoms with van der Waals surface area (Å²) in [5.74, 6) is 0.482. The van der Waals surface area contributed by atoms with Crippen molar-refractivity contribution < 1.29 is 14.4 Å². The van der Waals surface area contributed by atoms with E-state index in [1.165, 1.54) is 6.08 Å². The minimum atomic E-state index is -0.597. The summed E-state index contributed by atoms with van der Waals surface area (Å²) in [5.41, 5.74) is 1.87. The summed E-state index contributed by atoms with van der Waals surface area (Å²) < 4.78 is 1.10. The first kappa shape index (κ1) is 27.6. The summed E-state index contributed by atoms with van der Waals surface area (Å²) >= 11 is 2.23. The van der Waals surface area contributed by atoms with Crippen molar-refractivity contribution in [2.45, 2.75) is 38.6 Å². The number of anilines is 1. The van der Waals surface area contributed by atoms with Gasteiger partial charge in [-0.25, -0.2) is 4.98 Å². The van der Waals surface area contributed by atoms with Gasteiger partial charge in [0.05, 0.1) is 6.42 Å². The lowest BCUT2D eigenvalue weighted by Gasteiger charge is -2.37. The number of hydrogen-bond donors (Lipinski definition) is 2. The Bertz CT molecular complexity index is 1050. The molecule has 1 saturated heterocycles. The zero-order valence-corrected chi connectivity index (χ0v) is 22.9. The number of aromatic nitrogens is 1. The van der Waals surface area contributed by atoms with Crippen LogP contribution in [0.1, 0.15) is 30.5 Å². The van der Waals surface area contributed by atoms with Gasteiger partial charge >= 0.3 is 0 Å². The van der Waals surface area contributed by atoms with E-state index < -0.39 is 6.04 Å². The zero-order valence-electron chi connectivity index (χ0n) is 20.7. The number of unbranched alkanes of at least 4 members (excludes halogenated alkanes) is 1. The summed E-state index contributed by atoms with van der Waals surface area (Å²) in [6, 6.07) is 13.1. The van der Waals surface area contributed by atoms with Crippen molar-refractivity contribution in [1.82, 2.24) is 20.5 Å². The number of carbonyl (C=O) groups is 3. The lowest BCUT2D eigenvalue weighted by Crippen LogP contribution is -2.55. The molecule has 2 aromatic rings. The van der Waals surface area contributed by atoms with Crippen LogP contribution in [0.2, 0.25) is 0 Å². The van der Waals surface area contributed by atoms with E-state index in [9.17, 15) is 14.4 Å². The van der Waals surface area contributed by atoms with Crippen LogP contribution in [0.4, 0.5) is 5.82 Å². The Labute approximate surface area is 226 Å². The molecular formula is C27H34IN5O3. The van der Waals surface area contributed by atoms with Crippen LogP contribution in [0.25, 0.3) is 0 Å². The Balaban J connectivity index is 1.58. The summed E-state index contributed by atoms with van der Waals surface area (Å²) in [7, 11) is 0. The van der Waals surface area contributed by atoms with Crippen molar-refractivity contribution in [2.24, 2.45) is 0 Å². The fourth-order valence-corrected chi connectivity index (χ4v) is 4.49. The molecule has 1 aliphatic rings. The molecule has 1 atom stereocenters. The van der Waals surface area contributed by atoms with E-state index in [-0.39, 0.29) is 24.1 Å². The first-order chi connectivity index (χ1) is 17.4. The van der Waals surface area contributed by atoms with Gasteiger partial charge in [0, 0.05) is 42.0 Å². The summed E-state index contributed by atoms with van der Waals surface area (Å²) in [6.07, 6.45) is 3.39. The maximum absolute atomic E-state index is 13.4. The summed E-state index contributed by atoms with van der Waals surface area (Å²) in [5, 5.41) is 5.73. The standard InChI is InChI=1S/C27H34IN5O3/c1-3-25(34)29-14-5-4-8-23(31-26(35)19-21-10-12-22(28)13-11-21)27(36)33-17-15-32(16-18-33)24-9-6-7-20(2)30-24/h3,6-7,9-13,23H,1,4-5,8,14-19H2,2H3,(H,29,34)(H,31,35). The summed E-state index contributed by atoms with van der Waals surface area (Å²) in [4.78, 5) is 46.2. The monoisotopic (exact) mass is 603 g/mol. The van der Waals surface area contributed by atoms with Crippen molar-refractivity contribution in [3.63, 3.8) is 0 Å². The van der Waals surface area contributed by atoms with Gasteiger partial charge in [-0.1, -0.05) is 24.8 Å². The Morgan fingerprint density at radius 1 is 1.08 bits per heavy atom. The van der Waals surface area contributed by atoms with Crippen LogP contribution < -0.4 is 15.5 Å². The molecule has 3 rings (SSSR count). The molecule has 1 aliphatic heterocycles. The molecule has 1 unspecified atom stereocenters. The van der Waals surface area contributed by atoms with E-state index in [0.29, 0.717) is 52.0 Å². The van der Waals surface area contributed by atoms with Crippen molar-refractivity contribution >= 4 is 46.1 Å². The molecule has 9 heteroatoms. The highest BCUT2D eigenvalue weighted by Crippen LogP contribution is 2.16. The number of carbonyl (C=O) groups excluding carboxylic acids is 3. The number of piperazine rings is 1. The molecular weight excluding hydrogens is 569 g/mol. The second kappa shape index (κ2) is 14.0. The van der Waals surface area contributed by atoms with Crippen molar-refractivity contribution in [3.05, 3.63) is 69.9 Å². The van der Waals surface area contributed by atoms with Crippen LogP contribution >= 0.6 is 22.6 Å². The second-order valence-electron chi connectivity index (χ2n) is 8.86. The third kappa shape index (κ3) is 8.61. The first-order valence-electron chi connectivity index (χ1n) is 12.3. The van der Waals surface area contributed by atoms with Gasteiger partial charge in [-0.2, -0.15) is 0 Å². The minimum Gasteiger partial charge on any atom is -0.353 e. The number of hydrogen-bond acceptors (Lipinski definition) is 5. The van der Waals surface area contributed by atoms with E-state index in [1.807, 2.05) is 54.3 Å². The van der Waals surface area contributed by atoms with E-state index in [2.05, 4.69) is 49.7 Å². The molecule has 0 spiro atoms. The number of amides is 3. The number of pyridine rings is 1. The van der Waals surface area contributed by atoms with Crippen LogP contribution in [-0.4, -0.2) is 66.4 Å². The SMILES string of the molecule is C=CC(=O)NCCCCC(NC(=O)Cc1ccc(I)cc1)C(=O)N1CCN(c2cccc(C)n2)CC1. The third-order valence-corrected chi connectivity index (χ3v) is 6.82. The quantitative estimate of drug-likeness (QED) is 0.234. The Morgan fingerprint density at radius 2 is 1.81 bits per heavy atom. The molecule has 0 aliphatic carbocycles. The first-order valence-corrected chi connectivity index (χ1v) is 13.3. The molecule has 1 aromatic carbocycles. The molecule has 2 N–H and O–H groups in total. The molecule has 3 amide bonds. The van der Waals surface area contributed by atoms with Gasteiger partial charge in [0.2, 0.25) is 17.7 Å². The van der Waals surface area contributed by atoms with Crippen LogP contribution in [0, 0.1) is 10.5 Å². The smallest absolute Gasteiger partial charge is 0.245 e. The van der Waals surface area contributed by atoms with Crippen LogP contribution in [0.15, 0.2) is 55.1 Å². The zero-order chi connectivity index (χ0) is 25.9. The highest BCUT2D eigenvalue weighted by atomic mass is 127. The molecule has 8 nitrogen and oxygen atoms in total. The van der Waals surface area contributed by atoms with Gasteiger partial charge in [-0.15, -0.1) is 0 Å². The van der Waals surface area contributed by atoms with Gasteiger partial charge in [0.1, 0.15) is 11.9 Å². The average molecular weight is 604 g/mol. The lowest BCUT2D eigenvalue weighted by atomic mass is 10.1. The van der Waals surface area contributed by atoms with E-state index in [0.717, 1.165) is 20.6 Å². The van der Waals surface area contributed by atoms with E-state index in [1.54, 1.807) is 0 Å². The highest BCUT2D eigenvalue weighted by Gasteiger charge is 2.28. The van der Waals surface area contributed by atoms with Gasteiger partial charge in [0.25, 0.3) is 0 Å². The topological polar surface area (TPSA) is 94.6 Å². The van der Waals surface area contributed by atoms with Crippen molar-refractivity contribution in [1.29, 1.82) is 0 Å². The fraction of sp³-hybridized carbons (Fsp3) is 0.407. The largest absolute Gasteiger partial charge is 0.353 e. The Kier molecular flexibility index (Phi) is 10.7. The van der Waals surface area contributed by atoms with E-state index in [4.69, 9.17) is 0 Å². The molecule has 2 heterocycles. The number of rotatable bonds is 11. The molecule has 0 radical (unpaired) electrons. The number of nitrogens with one attached hydrogen (secondary N) is 2. The van der Waals surface area contributed by atoms with Crippen molar-refractivity contribution in [3.8, 4) is 0 Å². The van der Waals surface area contributed by atoms with Gasteiger partial charge in [-0.05, 0) is 84.7 Å². The van der Waals surface area contributed by atoms with Crippen LogP contribution in [-0.2, 0) is 20.8 Å². The lowest BCUT2D eigenvalue weighted by molar-refractivity contribution is -0.136. The maximum atomic E-state index is 13.4. The van der Waals surface area contributed by atoms with Crippen molar-refractivity contribution in [2.75, 3.05) is 37.6 Å². The Morgan fingerprint density at radius 3 is 2.47 bits per heavy atom. The number of nitrogens with zero attached hydrogens (tertiary/aromatic N) is 3. The van der Waals surface area contributed by atoms with E-state index >= 15 is 0 Å². The maximum Gasteiger partial charge on any atom is 0.245 e. The molecule has 1 aromatic heterocycles. The third-order valence-electron chi connectivity index (χ3n) is 6.10. The molecule has 192 valence electrons. The van der Waals surface area contributed by atoms with Crippen LogP contribution in [0.3, 0.4) is 0 Å². The highest BCUT2D eigenvalue weighted by molar-refractivity contribution is 14.1. The molecule has 0 bridgehead atoms. The van der Waals surface area contributed by atoms with Gasteiger partial charge < -0.3 is 20.4 Å². The predicted octanol–water partition coefficient (Wildman–Crippen LogP) is 2.84. The molecule has 1 fully saturated rings. The van der Waals surface area contributed by atoms with Crippen LogP contribution in [0.5, 0.6) is 0 Å². The van der Waals surface area contributed by atoms with Gasteiger partial charge in [0.15, 0.2) is 0 Å². The molecule has 0 saturated carbocycles. The predicted molar refractivity (Wildman–Crippen MR) is 150 cm³/mol. The summed E-state index contributed by atoms with van der Waals surface area (Å²) in [6.45, 7) is 8.46.